The largest absolute Gasteiger partial charge is 0.465 e. The van der Waals surface area contributed by atoms with Gasteiger partial charge in [-0.15, -0.1) is 0 Å². The van der Waals surface area contributed by atoms with Crippen molar-refractivity contribution in [1.29, 1.82) is 0 Å². The number of rotatable bonds is 3. The van der Waals surface area contributed by atoms with Crippen molar-refractivity contribution in [3.63, 3.8) is 0 Å². The van der Waals surface area contributed by atoms with Crippen LogP contribution in [-0.4, -0.2) is 50.2 Å². The number of nitrogens with one attached hydrogen (secondary N) is 2. The molecule has 3 aromatic rings. The van der Waals surface area contributed by atoms with Crippen LogP contribution in [0.2, 0.25) is 0 Å². The highest BCUT2D eigenvalue weighted by atomic mass is 79.9. The number of aromatic amines is 1. The van der Waals surface area contributed by atoms with Gasteiger partial charge >= 0.3 is 12.3 Å². The second kappa shape index (κ2) is 7.06. The van der Waals surface area contributed by atoms with Crippen molar-refractivity contribution in [2.24, 2.45) is 5.41 Å². The number of H-pyrrole nitrogens is 1. The number of hydrogen-bond donors (Lipinski definition) is 3. The van der Waals surface area contributed by atoms with Gasteiger partial charge in [0, 0.05) is 47.9 Å². The van der Waals surface area contributed by atoms with Gasteiger partial charge in [-0.2, -0.15) is 13.2 Å². The smallest absolute Gasteiger partial charge is 0.419 e. The molecule has 0 bridgehead atoms. The van der Waals surface area contributed by atoms with Crippen LogP contribution in [0.25, 0.3) is 22.2 Å². The summed E-state index contributed by atoms with van der Waals surface area (Å²) in [5.41, 5.74) is -0.868. The van der Waals surface area contributed by atoms with Crippen LogP contribution < -0.4 is 5.32 Å². The maximum atomic E-state index is 13.8. The molecule has 0 radical (unpaired) electrons. The van der Waals surface area contributed by atoms with Gasteiger partial charge in [-0.05, 0) is 40.9 Å². The van der Waals surface area contributed by atoms with Gasteiger partial charge in [-0.3, -0.25) is 0 Å². The summed E-state index contributed by atoms with van der Waals surface area (Å²) in [6.07, 6.45) is -2.14. The van der Waals surface area contributed by atoms with E-state index < -0.39 is 23.7 Å². The standard InChI is InChI=1S/C20H16BrF4N5O2/c21-14-13(22)2-1-10-11(5-26-16(10)14)15-12(20(23,24)25)6-27-17(29-15)28-9-3-19(4-9)7-30(8-19)18(31)32/h1-2,5-6,9,26H,3-4,7-8H2,(H,31,32)(H,27,28,29). The predicted molar refractivity (Wildman–Crippen MR) is 111 cm³/mol. The summed E-state index contributed by atoms with van der Waals surface area (Å²) in [4.78, 5) is 23.1. The molecule has 2 aromatic heterocycles. The first-order valence-electron chi connectivity index (χ1n) is 9.70. The van der Waals surface area contributed by atoms with Gasteiger partial charge in [0.2, 0.25) is 5.95 Å². The van der Waals surface area contributed by atoms with Crippen molar-refractivity contribution in [2.45, 2.75) is 25.1 Å². The Morgan fingerprint density at radius 2 is 2.03 bits per heavy atom. The predicted octanol–water partition coefficient (Wildman–Crippen LogP) is 5.10. The molecule has 1 amide bonds. The summed E-state index contributed by atoms with van der Waals surface area (Å²) in [5.74, 6) is -0.485. The lowest BCUT2D eigenvalue weighted by Crippen LogP contribution is -2.66. The van der Waals surface area contributed by atoms with E-state index in [1.54, 1.807) is 0 Å². The lowest BCUT2D eigenvalue weighted by atomic mass is 9.61. The molecule has 3 heterocycles. The lowest BCUT2D eigenvalue weighted by Gasteiger charge is -2.58. The second-order valence-electron chi connectivity index (χ2n) is 8.33. The number of hydrogen-bond acceptors (Lipinski definition) is 4. The minimum atomic E-state index is -4.68. The average Bonchev–Trinajstić information content (AvgIpc) is 3.09. The van der Waals surface area contributed by atoms with Crippen LogP contribution in [-0.2, 0) is 6.18 Å². The highest BCUT2D eigenvalue weighted by molar-refractivity contribution is 9.10. The number of carboxylic acid groups (broad SMARTS) is 1. The van der Waals surface area contributed by atoms with Crippen LogP contribution in [0.15, 0.2) is 29.0 Å². The molecule has 32 heavy (non-hydrogen) atoms. The van der Waals surface area contributed by atoms with Gasteiger partial charge in [0.05, 0.1) is 15.7 Å². The van der Waals surface area contributed by atoms with Crippen LogP contribution in [0.3, 0.4) is 0 Å². The first kappa shape index (κ1) is 21.0. The van der Waals surface area contributed by atoms with Crippen LogP contribution in [0.5, 0.6) is 0 Å². The van der Waals surface area contributed by atoms with Crippen molar-refractivity contribution in [3.8, 4) is 11.3 Å². The quantitative estimate of drug-likeness (QED) is 0.423. The van der Waals surface area contributed by atoms with E-state index in [1.165, 1.54) is 23.2 Å². The molecule has 1 aliphatic heterocycles. The average molecular weight is 514 g/mol. The number of likely N-dealkylation sites (tertiary alicyclic amines) is 1. The monoisotopic (exact) mass is 513 g/mol. The van der Waals surface area contributed by atoms with E-state index in [-0.39, 0.29) is 33.1 Å². The molecule has 3 N–H and O–H groups in total. The molecular weight excluding hydrogens is 498 g/mol. The third-order valence-electron chi connectivity index (χ3n) is 6.11. The molecular formula is C20H16BrF4N5O2. The van der Waals surface area contributed by atoms with E-state index in [1.807, 2.05) is 0 Å². The Morgan fingerprint density at radius 3 is 2.69 bits per heavy atom. The molecule has 1 saturated heterocycles. The third kappa shape index (κ3) is 3.37. The number of benzene rings is 1. The lowest BCUT2D eigenvalue weighted by molar-refractivity contribution is -0.137. The van der Waals surface area contributed by atoms with Crippen molar-refractivity contribution >= 4 is 38.9 Å². The summed E-state index contributed by atoms with van der Waals surface area (Å²) in [6.45, 7) is 0.917. The molecule has 1 aliphatic carbocycles. The first-order chi connectivity index (χ1) is 15.1. The zero-order chi connectivity index (χ0) is 22.8. The molecule has 12 heteroatoms. The van der Waals surface area contributed by atoms with E-state index in [2.05, 4.69) is 36.2 Å². The number of carbonyl (C=O) groups is 1. The van der Waals surface area contributed by atoms with Crippen molar-refractivity contribution < 1.29 is 27.5 Å². The Labute approximate surface area is 187 Å². The molecule has 2 fully saturated rings. The van der Waals surface area contributed by atoms with E-state index in [0.29, 0.717) is 36.8 Å². The molecule has 1 saturated carbocycles. The van der Waals surface area contributed by atoms with E-state index in [4.69, 9.17) is 5.11 Å². The number of anilines is 1. The second-order valence-corrected chi connectivity index (χ2v) is 9.12. The molecule has 7 nitrogen and oxygen atoms in total. The number of nitrogens with zero attached hydrogens (tertiary/aromatic N) is 3. The molecule has 1 spiro atoms. The molecule has 0 atom stereocenters. The number of alkyl halides is 3. The van der Waals surface area contributed by atoms with Crippen LogP contribution in [0, 0.1) is 11.2 Å². The van der Waals surface area contributed by atoms with Gasteiger partial charge in [0.15, 0.2) is 0 Å². The van der Waals surface area contributed by atoms with Crippen molar-refractivity contribution in [3.05, 3.63) is 40.4 Å². The zero-order valence-electron chi connectivity index (χ0n) is 16.3. The molecule has 5 rings (SSSR count). The maximum Gasteiger partial charge on any atom is 0.419 e. The number of amides is 1. The summed E-state index contributed by atoms with van der Waals surface area (Å²) >= 11 is 3.11. The summed E-state index contributed by atoms with van der Waals surface area (Å²) in [5, 5.41) is 12.4. The summed E-state index contributed by atoms with van der Waals surface area (Å²) < 4.78 is 55.0. The highest BCUT2D eigenvalue weighted by Gasteiger charge is 2.54. The molecule has 1 aromatic carbocycles. The summed E-state index contributed by atoms with van der Waals surface area (Å²) in [6, 6.07) is 2.52. The Balaban J connectivity index is 1.44. The fourth-order valence-electron chi connectivity index (χ4n) is 4.63. The number of halogens is 5. The van der Waals surface area contributed by atoms with E-state index >= 15 is 0 Å². The third-order valence-corrected chi connectivity index (χ3v) is 6.89. The first-order valence-corrected chi connectivity index (χ1v) is 10.5. The molecule has 2 aliphatic rings. The topological polar surface area (TPSA) is 94.1 Å². The number of fused-ring (bicyclic) bond motifs is 1. The van der Waals surface area contributed by atoms with Gasteiger partial charge in [0.1, 0.15) is 11.4 Å². The summed E-state index contributed by atoms with van der Waals surface area (Å²) in [7, 11) is 0. The van der Waals surface area contributed by atoms with E-state index in [0.717, 1.165) is 6.20 Å². The van der Waals surface area contributed by atoms with Crippen LogP contribution >= 0.6 is 15.9 Å². The fourth-order valence-corrected chi connectivity index (χ4v) is 5.09. The maximum absolute atomic E-state index is 13.8. The minimum absolute atomic E-state index is 0.0535. The van der Waals surface area contributed by atoms with Crippen molar-refractivity contribution in [2.75, 3.05) is 18.4 Å². The normalized spacial score (nSPS) is 18.0. The Morgan fingerprint density at radius 1 is 1.31 bits per heavy atom. The van der Waals surface area contributed by atoms with Gasteiger partial charge < -0.3 is 20.3 Å². The Bertz CT molecular complexity index is 1230. The SMILES string of the molecule is O=C(O)N1CC2(CC(Nc3ncc(C(F)(F)F)c(-c4c[nH]c5c(Br)c(F)ccc45)n3)C2)C1. The molecule has 0 unspecified atom stereocenters. The van der Waals surface area contributed by atoms with Gasteiger partial charge in [0.25, 0.3) is 0 Å². The number of aromatic nitrogens is 3. The van der Waals surface area contributed by atoms with Crippen LogP contribution in [0.4, 0.5) is 28.3 Å². The fraction of sp³-hybridized carbons (Fsp3) is 0.350. The highest BCUT2D eigenvalue weighted by Crippen LogP contribution is 2.49. The Hall–Kier alpha value is -2.89. The zero-order valence-corrected chi connectivity index (χ0v) is 17.9. The van der Waals surface area contributed by atoms with Crippen LogP contribution in [0.1, 0.15) is 18.4 Å². The van der Waals surface area contributed by atoms with Gasteiger partial charge in [-0.1, -0.05) is 0 Å². The van der Waals surface area contributed by atoms with Gasteiger partial charge in [-0.25, -0.2) is 19.2 Å². The van der Waals surface area contributed by atoms with E-state index in [9.17, 15) is 22.4 Å². The molecule has 168 valence electrons. The van der Waals surface area contributed by atoms with Crippen molar-refractivity contribution in [1.82, 2.24) is 19.9 Å². The minimum Gasteiger partial charge on any atom is -0.465 e. The Kier molecular flexibility index (Phi) is 4.63.